The van der Waals surface area contributed by atoms with Gasteiger partial charge in [0.05, 0.1) is 5.01 Å². The Labute approximate surface area is 140 Å². The van der Waals surface area contributed by atoms with Crippen molar-refractivity contribution < 1.29 is 4.39 Å². The van der Waals surface area contributed by atoms with E-state index in [0.29, 0.717) is 19.0 Å². The summed E-state index contributed by atoms with van der Waals surface area (Å²) in [7, 11) is 0. The first kappa shape index (κ1) is 15.0. The lowest BCUT2D eigenvalue weighted by Gasteiger charge is -2.34. The average molecular weight is 328 g/mol. The predicted octanol–water partition coefficient (Wildman–Crippen LogP) is 4.30. The van der Waals surface area contributed by atoms with Gasteiger partial charge >= 0.3 is 0 Å². The van der Waals surface area contributed by atoms with Gasteiger partial charge in [0.2, 0.25) is 0 Å². The molecular formula is C19H21FN2S. The molecule has 0 amide bonds. The summed E-state index contributed by atoms with van der Waals surface area (Å²) in [5.74, 6) is 0.332. The number of fused-ring (bicyclic) bond motifs is 1. The molecule has 4 heteroatoms. The predicted molar refractivity (Wildman–Crippen MR) is 93.5 cm³/mol. The fourth-order valence-corrected chi connectivity index (χ4v) is 4.47. The number of alkyl halides is 1. The Hall–Kier alpha value is -1.52. The van der Waals surface area contributed by atoms with Crippen molar-refractivity contribution in [1.29, 1.82) is 0 Å². The normalized spacial score (nSPS) is 19.7. The highest BCUT2D eigenvalue weighted by Crippen LogP contribution is 2.43. The lowest BCUT2D eigenvalue weighted by atomic mass is 9.92. The molecule has 0 N–H and O–H groups in total. The molecule has 1 aromatic heterocycles. The van der Waals surface area contributed by atoms with Crippen LogP contribution in [0, 0.1) is 0 Å². The summed E-state index contributed by atoms with van der Waals surface area (Å²) < 4.78 is 13.0. The van der Waals surface area contributed by atoms with Gasteiger partial charge in [-0.05, 0) is 29.5 Å². The zero-order valence-electron chi connectivity index (χ0n) is 13.3. The molecule has 1 unspecified atom stereocenters. The van der Waals surface area contributed by atoms with E-state index in [2.05, 4.69) is 41.1 Å². The van der Waals surface area contributed by atoms with Crippen molar-refractivity contribution in [1.82, 2.24) is 9.88 Å². The molecule has 0 saturated carbocycles. The number of hydrogen-bond donors (Lipinski definition) is 0. The van der Waals surface area contributed by atoms with E-state index >= 15 is 0 Å². The van der Waals surface area contributed by atoms with Crippen LogP contribution in [0.1, 0.15) is 35.4 Å². The molecular weight excluding hydrogens is 307 g/mol. The van der Waals surface area contributed by atoms with Gasteiger partial charge in [-0.3, -0.25) is 4.90 Å². The molecule has 1 aliphatic carbocycles. The van der Waals surface area contributed by atoms with Crippen molar-refractivity contribution in [2.24, 2.45) is 0 Å². The number of hydrogen-bond acceptors (Lipinski definition) is 3. The lowest BCUT2D eigenvalue weighted by molar-refractivity contribution is 0.0670. The number of rotatable bonds is 5. The van der Waals surface area contributed by atoms with Gasteiger partial charge in [-0.2, -0.15) is 0 Å². The molecule has 1 atom stereocenters. The smallest absolute Gasteiger partial charge is 0.125 e. The standard InChI is InChI=1S/C19H21FN2S/c1-13(19-21-7-9-23-19)18-15(6-8-22-11-16(20)12-22)10-14-4-2-3-5-17(14)18/h2-5,7,9,13,16H,6,8,10-12H2,1H3. The second-order valence-corrected chi connectivity index (χ2v) is 7.48. The minimum absolute atomic E-state index is 0.332. The van der Waals surface area contributed by atoms with Crippen molar-refractivity contribution in [3.8, 4) is 0 Å². The maximum atomic E-state index is 13.0. The first-order chi connectivity index (χ1) is 11.2. The zero-order valence-corrected chi connectivity index (χ0v) is 14.2. The van der Waals surface area contributed by atoms with Crippen molar-refractivity contribution in [2.45, 2.75) is 31.9 Å². The molecule has 0 spiro atoms. The van der Waals surface area contributed by atoms with Crippen LogP contribution in [0.3, 0.4) is 0 Å². The van der Waals surface area contributed by atoms with Gasteiger partial charge < -0.3 is 0 Å². The van der Waals surface area contributed by atoms with Crippen LogP contribution >= 0.6 is 11.3 Å². The maximum absolute atomic E-state index is 13.0. The summed E-state index contributed by atoms with van der Waals surface area (Å²) in [6.45, 7) is 4.45. The number of halogens is 1. The van der Waals surface area contributed by atoms with Gasteiger partial charge in [-0.15, -0.1) is 11.3 Å². The lowest BCUT2D eigenvalue weighted by Crippen LogP contribution is -2.48. The van der Waals surface area contributed by atoms with Gasteiger partial charge in [0.25, 0.3) is 0 Å². The molecule has 1 fully saturated rings. The molecule has 4 rings (SSSR count). The van der Waals surface area contributed by atoms with E-state index in [9.17, 15) is 4.39 Å². The Balaban J connectivity index is 1.61. The summed E-state index contributed by atoms with van der Waals surface area (Å²) in [4.78, 5) is 6.74. The van der Waals surface area contributed by atoms with Crippen LogP contribution in [-0.4, -0.2) is 35.7 Å². The van der Waals surface area contributed by atoms with Gasteiger partial charge in [-0.1, -0.05) is 36.8 Å². The first-order valence-electron chi connectivity index (χ1n) is 8.28. The number of nitrogens with zero attached hydrogens (tertiary/aromatic N) is 2. The number of allylic oxidation sites excluding steroid dienone is 1. The number of aromatic nitrogens is 1. The van der Waals surface area contributed by atoms with Crippen LogP contribution in [-0.2, 0) is 6.42 Å². The summed E-state index contributed by atoms with van der Waals surface area (Å²) in [5, 5.41) is 3.23. The number of thiazole rings is 1. The molecule has 2 aromatic rings. The largest absolute Gasteiger partial charge is 0.297 e. The third kappa shape index (κ3) is 2.86. The summed E-state index contributed by atoms with van der Waals surface area (Å²) >= 11 is 1.73. The highest BCUT2D eigenvalue weighted by atomic mass is 32.1. The fourth-order valence-electron chi connectivity index (χ4n) is 3.77. The molecule has 2 heterocycles. The molecule has 1 aromatic carbocycles. The number of benzene rings is 1. The molecule has 0 bridgehead atoms. The van der Waals surface area contributed by atoms with E-state index in [0.717, 1.165) is 19.4 Å². The molecule has 2 aliphatic rings. The summed E-state index contributed by atoms with van der Waals surface area (Å²) in [6, 6.07) is 8.72. The Morgan fingerprint density at radius 2 is 2.17 bits per heavy atom. The highest BCUT2D eigenvalue weighted by Gasteiger charge is 2.29. The molecule has 1 aliphatic heterocycles. The molecule has 120 valence electrons. The van der Waals surface area contributed by atoms with E-state index in [4.69, 9.17) is 0 Å². The summed E-state index contributed by atoms with van der Waals surface area (Å²) in [5.41, 5.74) is 5.77. The van der Waals surface area contributed by atoms with Crippen LogP contribution in [0.15, 0.2) is 41.4 Å². The molecule has 0 radical (unpaired) electrons. The second-order valence-electron chi connectivity index (χ2n) is 6.55. The SMILES string of the molecule is CC(C1=C(CCN2CC(F)C2)Cc2ccccc21)c1nccs1. The van der Waals surface area contributed by atoms with E-state index in [1.165, 1.54) is 27.3 Å². The van der Waals surface area contributed by atoms with E-state index in [-0.39, 0.29) is 0 Å². The Bertz CT molecular complexity index is 717. The van der Waals surface area contributed by atoms with Gasteiger partial charge in [0.15, 0.2) is 0 Å². The van der Waals surface area contributed by atoms with E-state index in [1.54, 1.807) is 11.3 Å². The van der Waals surface area contributed by atoms with Gasteiger partial charge in [0.1, 0.15) is 6.17 Å². The zero-order chi connectivity index (χ0) is 15.8. The summed E-state index contributed by atoms with van der Waals surface area (Å²) in [6.07, 6.45) is 3.35. The third-order valence-corrected chi connectivity index (χ3v) is 5.95. The number of likely N-dealkylation sites (tertiary alicyclic amines) is 1. The fraction of sp³-hybridized carbons (Fsp3) is 0.421. The van der Waals surface area contributed by atoms with Gasteiger partial charge in [0, 0.05) is 37.1 Å². The van der Waals surface area contributed by atoms with E-state index < -0.39 is 6.17 Å². The van der Waals surface area contributed by atoms with Crippen LogP contribution in [0.25, 0.3) is 5.57 Å². The minimum atomic E-state index is -0.613. The minimum Gasteiger partial charge on any atom is -0.297 e. The van der Waals surface area contributed by atoms with Crippen LogP contribution < -0.4 is 0 Å². The average Bonchev–Trinajstić information content (AvgIpc) is 3.17. The molecule has 2 nitrogen and oxygen atoms in total. The van der Waals surface area contributed by atoms with Crippen molar-refractivity contribution in [3.63, 3.8) is 0 Å². The topological polar surface area (TPSA) is 16.1 Å². The quantitative estimate of drug-likeness (QED) is 0.813. The second kappa shape index (κ2) is 6.17. The Morgan fingerprint density at radius 3 is 2.91 bits per heavy atom. The molecule has 1 saturated heterocycles. The highest BCUT2D eigenvalue weighted by molar-refractivity contribution is 7.09. The molecule has 23 heavy (non-hydrogen) atoms. The Morgan fingerprint density at radius 1 is 1.35 bits per heavy atom. The third-order valence-electron chi connectivity index (χ3n) is 4.99. The van der Waals surface area contributed by atoms with Crippen LogP contribution in [0.4, 0.5) is 4.39 Å². The monoisotopic (exact) mass is 328 g/mol. The Kier molecular flexibility index (Phi) is 4.04. The van der Waals surface area contributed by atoms with Crippen molar-refractivity contribution >= 4 is 16.9 Å². The first-order valence-corrected chi connectivity index (χ1v) is 9.16. The van der Waals surface area contributed by atoms with Crippen LogP contribution in [0.2, 0.25) is 0 Å². The van der Waals surface area contributed by atoms with Crippen LogP contribution in [0.5, 0.6) is 0 Å². The van der Waals surface area contributed by atoms with Gasteiger partial charge in [-0.25, -0.2) is 9.37 Å². The van der Waals surface area contributed by atoms with Crippen molar-refractivity contribution in [3.05, 3.63) is 57.6 Å². The maximum Gasteiger partial charge on any atom is 0.125 e. The van der Waals surface area contributed by atoms with E-state index in [1.807, 2.05) is 11.6 Å². The van der Waals surface area contributed by atoms with Crippen molar-refractivity contribution in [2.75, 3.05) is 19.6 Å².